The van der Waals surface area contributed by atoms with Crippen LogP contribution in [0.15, 0.2) is 0 Å². The van der Waals surface area contributed by atoms with E-state index < -0.39 is 23.8 Å². The van der Waals surface area contributed by atoms with Crippen molar-refractivity contribution in [2.24, 2.45) is 0 Å². The number of carbonyl (C=O) groups excluding carboxylic acids is 3. The number of halogens is 3. The van der Waals surface area contributed by atoms with Gasteiger partial charge in [0.2, 0.25) is 5.91 Å². The summed E-state index contributed by atoms with van der Waals surface area (Å²) in [5.74, 6) is -2.90. The Labute approximate surface area is 187 Å². The van der Waals surface area contributed by atoms with E-state index in [1.54, 1.807) is 0 Å². The Hall–Kier alpha value is -2.08. The fraction of sp³-hybridized carbons (Fsp3) is 0.850. The number of hydrogen-bond acceptors (Lipinski definition) is 6. The lowest BCUT2D eigenvalue weighted by Gasteiger charge is -2.30. The van der Waals surface area contributed by atoms with Crippen molar-refractivity contribution in [1.82, 2.24) is 15.5 Å². The molecular formula is C20H37F3N4O5. The van der Waals surface area contributed by atoms with Crippen LogP contribution in [0.1, 0.15) is 40.0 Å². The summed E-state index contributed by atoms with van der Waals surface area (Å²) in [6, 6.07) is -0.191. The van der Waals surface area contributed by atoms with Gasteiger partial charge >= 0.3 is 12.3 Å². The van der Waals surface area contributed by atoms with Crippen LogP contribution in [0.2, 0.25) is 0 Å². The SMILES string of the molecule is CC(C)(C)OC(=O)N[C@@H](CCC[N+](C)(C)C)CC(=O)N1CCNCC1.O=C([O-])C(F)(F)F. The highest BCUT2D eigenvalue weighted by molar-refractivity contribution is 5.78. The van der Waals surface area contributed by atoms with Crippen LogP contribution in [0.5, 0.6) is 0 Å². The first-order valence-corrected chi connectivity index (χ1v) is 10.5. The summed E-state index contributed by atoms with van der Waals surface area (Å²) in [5, 5.41) is 14.9. The third-order valence-corrected chi connectivity index (χ3v) is 4.22. The number of amides is 2. The van der Waals surface area contributed by atoms with Crippen molar-refractivity contribution >= 4 is 18.0 Å². The third kappa shape index (κ3) is 15.7. The summed E-state index contributed by atoms with van der Waals surface area (Å²) in [6.45, 7) is 9.64. The number of quaternary nitrogens is 1. The second kappa shape index (κ2) is 12.8. The first-order valence-electron chi connectivity index (χ1n) is 10.5. The maximum absolute atomic E-state index is 12.5. The molecule has 1 aliphatic rings. The van der Waals surface area contributed by atoms with Gasteiger partial charge in [-0.05, 0) is 33.6 Å². The lowest BCUT2D eigenvalue weighted by molar-refractivity contribution is -0.870. The molecule has 1 saturated heterocycles. The molecule has 0 aliphatic carbocycles. The van der Waals surface area contributed by atoms with E-state index in [-0.39, 0.29) is 11.9 Å². The smallest absolute Gasteiger partial charge is 0.430 e. The fourth-order valence-electron chi connectivity index (χ4n) is 2.77. The fourth-order valence-corrected chi connectivity index (χ4v) is 2.77. The zero-order valence-electron chi connectivity index (χ0n) is 19.8. The van der Waals surface area contributed by atoms with Gasteiger partial charge in [0.1, 0.15) is 11.6 Å². The number of aliphatic carboxylic acids is 1. The minimum atomic E-state index is -5.19. The normalized spacial score (nSPS) is 15.8. The van der Waals surface area contributed by atoms with Gasteiger partial charge in [-0.25, -0.2) is 4.79 Å². The summed E-state index contributed by atoms with van der Waals surface area (Å²) in [4.78, 5) is 35.3. The largest absolute Gasteiger partial charge is 0.542 e. The monoisotopic (exact) mass is 470 g/mol. The van der Waals surface area contributed by atoms with Crippen molar-refractivity contribution in [2.45, 2.75) is 57.9 Å². The number of carbonyl (C=O) groups is 3. The minimum Gasteiger partial charge on any atom is -0.542 e. The van der Waals surface area contributed by atoms with Crippen molar-refractivity contribution < 1.29 is 41.9 Å². The summed E-state index contributed by atoms with van der Waals surface area (Å²) >= 11 is 0. The number of carboxylic acid groups (broad SMARTS) is 1. The Kier molecular flexibility index (Phi) is 12.0. The topological polar surface area (TPSA) is 111 Å². The molecule has 0 bridgehead atoms. The van der Waals surface area contributed by atoms with Gasteiger partial charge in [0, 0.05) is 38.6 Å². The molecule has 1 atom stereocenters. The molecule has 0 aromatic heterocycles. The van der Waals surface area contributed by atoms with Crippen LogP contribution in [-0.2, 0) is 14.3 Å². The Balaban J connectivity index is 0.00000118. The predicted octanol–water partition coefficient (Wildman–Crippen LogP) is 0.487. The molecule has 2 N–H and O–H groups in total. The number of alkyl carbamates (subject to hydrolysis) is 1. The van der Waals surface area contributed by atoms with Crippen molar-refractivity contribution in [3.05, 3.63) is 0 Å². The van der Waals surface area contributed by atoms with Crippen LogP contribution < -0.4 is 15.7 Å². The lowest BCUT2D eigenvalue weighted by atomic mass is 10.1. The van der Waals surface area contributed by atoms with Crippen molar-refractivity contribution in [3.8, 4) is 0 Å². The zero-order chi connectivity index (χ0) is 25.2. The maximum Gasteiger partial charge on any atom is 0.430 e. The number of ether oxygens (including phenoxy) is 1. The van der Waals surface area contributed by atoms with E-state index in [0.29, 0.717) is 6.42 Å². The molecule has 0 unspecified atom stereocenters. The van der Waals surface area contributed by atoms with Gasteiger partial charge < -0.3 is 34.7 Å². The van der Waals surface area contributed by atoms with Gasteiger partial charge in [-0.3, -0.25) is 4.79 Å². The average Bonchev–Trinajstić information content (AvgIpc) is 2.59. The molecular weight excluding hydrogens is 433 g/mol. The first kappa shape index (κ1) is 29.9. The van der Waals surface area contributed by atoms with Gasteiger partial charge in [0.05, 0.1) is 27.7 Å². The second-order valence-corrected chi connectivity index (χ2v) is 9.62. The van der Waals surface area contributed by atoms with E-state index in [1.165, 1.54) is 0 Å². The van der Waals surface area contributed by atoms with Crippen LogP contribution >= 0.6 is 0 Å². The Morgan fingerprint density at radius 1 is 1.12 bits per heavy atom. The lowest BCUT2D eigenvalue weighted by Crippen LogP contribution is -2.49. The third-order valence-electron chi connectivity index (χ3n) is 4.22. The maximum atomic E-state index is 12.5. The molecule has 1 heterocycles. The number of rotatable bonds is 7. The Morgan fingerprint density at radius 2 is 1.62 bits per heavy atom. The van der Waals surface area contributed by atoms with E-state index in [4.69, 9.17) is 14.6 Å². The van der Waals surface area contributed by atoms with Crippen LogP contribution in [0, 0.1) is 0 Å². The summed E-state index contributed by atoms with van der Waals surface area (Å²) in [5.41, 5.74) is -0.542. The van der Waals surface area contributed by atoms with Crippen molar-refractivity contribution in [2.75, 3.05) is 53.9 Å². The zero-order valence-corrected chi connectivity index (χ0v) is 19.8. The highest BCUT2D eigenvalue weighted by Crippen LogP contribution is 2.12. The van der Waals surface area contributed by atoms with Gasteiger partial charge in [-0.2, -0.15) is 13.2 Å². The predicted molar refractivity (Wildman–Crippen MR) is 110 cm³/mol. The number of nitrogens with one attached hydrogen (secondary N) is 2. The number of piperazine rings is 1. The molecule has 1 aliphatic heterocycles. The molecule has 0 aromatic rings. The van der Waals surface area contributed by atoms with Crippen molar-refractivity contribution in [1.29, 1.82) is 0 Å². The number of hydrogen-bond donors (Lipinski definition) is 2. The van der Waals surface area contributed by atoms with E-state index in [2.05, 4.69) is 31.8 Å². The van der Waals surface area contributed by atoms with Gasteiger partial charge in [0.25, 0.3) is 0 Å². The molecule has 0 aromatic carbocycles. The molecule has 1 fully saturated rings. The Bertz CT molecular complexity index is 610. The van der Waals surface area contributed by atoms with Gasteiger partial charge in [-0.1, -0.05) is 0 Å². The number of nitrogens with zero attached hydrogens (tertiary/aromatic N) is 2. The van der Waals surface area contributed by atoms with E-state index >= 15 is 0 Å². The van der Waals surface area contributed by atoms with Crippen molar-refractivity contribution in [3.63, 3.8) is 0 Å². The molecule has 32 heavy (non-hydrogen) atoms. The molecule has 0 spiro atoms. The first-order chi connectivity index (χ1) is 14.4. The highest BCUT2D eigenvalue weighted by atomic mass is 19.4. The molecule has 2 amide bonds. The average molecular weight is 471 g/mol. The summed E-state index contributed by atoms with van der Waals surface area (Å²) < 4.78 is 37.8. The van der Waals surface area contributed by atoms with Crippen LogP contribution in [0.3, 0.4) is 0 Å². The van der Waals surface area contributed by atoms with Gasteiger partial charge in [0.15, 0.2) is 0 Å². The quantitative estimate of drug-likeness (QED) is 0.524. The van der Waals surface area contributed by atoms with E-state index in [1.807, 2.05) is 25.7 Å². The molecule has 0 saturated carbocycles. The summed E-state index contributed by atoms with van der Waals surface area (Å²) in [7, 11) is 6.42. The second-order valence-electron chi connectivity index (χ2n) is 9.62. The Morgan fingerprint density at radius 3 is 2.03 bits per heavy atom. The standard InChI is InChI=1S/C18H36N4O3.C2HF3O2/c1-18(2,3)25-17(24)20-15(8-7-13-22(4,5)6)14-16(23)21-11-9-19-10-12-21;3-2(4,5)1(6)7/h15,19H,7-14H2,1-6H3;(H,6,7)/t15-;/m0./s1. The summed E-state index contributed by atoms with van der Waals surface area (Å²) in [6.07, 6.45) is -3.60. The van der Waals surface area contributed by atoms with E-state index in [0.717, 1.165) is 50.0 Å². The molecule has 188 valence electrons. The minimum absolute atomic E-state index is 0.104. The van der Waals surface area contributed by atoms with Crippen LogP contribution in [-0.4, -0.2) is 99.0 Å². The molecule has 1 rings (SSSR count). The van der Waals surface area contributed by atoms with Crippen LogP contribution in [0.25, 0.3) is 0 Å². The van der Waals surface area contributed by atoms with Crippen LogP contribution in [0.4, 0.5) is 18.0 Å². The highest BCUT2D eigenvalue weighted by Gasteiger charge is 2.29. The number of alkyl halides is 3. The van der Waals surface area contributed by atoms with Gasteiger partial charge in [-0.15, -0.1) is 0 Å². The number of carboxylic acids is 1. The van der Waals surface area contributed by atoms with E-state index in [9.17, 15) is 22.8 Å². The molecule has 0 radical (unpaired) electrons. The molecule has 9 nitrogen and oxygen atoms in total. The molecule has 12 heteroatoms.